The summed E-state index contributed by atoms with van der Waals surface area (Å²) in [6.45, 7) is 1.30. The van der Waals surface area contributed by atoms with Crippen LogP contribution in [0.15, 0.2) is 24.3 Å². The van der Waals surface area contributed by atoms with Crippen LogP contribution in [0.3, 0.4) is 0 Å². The first-order valence-corrected chi connectivity index (χ1v) is 7.47. The first-order valence-electron chi connectivity index (χ1n) is 7.47. The summed E-state index contributed by atoms with van der Waals surface area (Å²) in [4.78, 5) is 13.5. The van der Waals surface area contributed by atoms with Crippen LogP contribution in [-0.2, 0) is 17.1 Å². The minimum absolute atomic E-state index is 0. The second kappa shape index (κ2) is 8.30. The number of nitrogens with zero attached hydrogens (tertiary/aromatic N) is 1. The van der Waals surface area contributed by atoms with Gasteiger partial charge >= 0.3 is 12.4 Å². The van der Waals surface area contributed by atoms with Gasteiger partial charge < -0.3 is 10.6 Å². The van der Waals surface area contributed by atoms with E-state index in [0.717, 1.165) is 18.6 Å². The summed E-state index contributed by atoms with van der Waals surface area (Å²) >= 11 is 0. The van der Waals surface area contributed by atoms with Gasteiger partial charge in [-0.3, -0.25) is 4.79 Å². The minimum atomic E-state index is -4.92. The second-order valence-corrected chi connectivity index (χ2v) is 5.85. The molecule has 1 aromatic rings. The summed E-state index contributed by atoms with van der Waals surface area (Å²) in [5.74, 6) is -0.315. The van der Waals surface area contributed by atoms with E-state index in [9.17, 15) is 31.1 Å². The molecule has 1 saturated heterocycles. The largest absolute Gasteiger partial charge is 0.416 e. The molecule has 0 saturated carbocycles. The monoisotopic (exact) mass is 402 g/mol. The molecular formula is C16H17ClF6N2O. The van der Waals surface area contributed by atoms with E-state index in [4.69, 9.17) is 5.73 Å². The molecule has 26 heavy (non-hydrogen) atoms. The highest BCUT2D eigenvalue weighted by atomic mass is 35.5. The number of benzene rings is 1. The third-order valence-electron chi connectivity index (χ3n) is 3.96. The smallest absolute Gasteiger partial charge is 0.339 e. The van der Waals surface area contributed by atoms with Gasteiger partial charge in [0.25, 0.3) is 0 Å². The van der Waals surface area contributed by atoms with Crippen molar-refractivity contribution in [2.24, 2.45) is 11.7 Å². The average molecular weight is 403 g/mol. The maximum atomic E-state index is 12.8. The van der Waals surface area contributed by atoms with E-state index in [1.54, 1.807) is 0 Å². The number of likely N-dealkylation sites (tertiary alicyclic amines) is 1. The van der Waals surface area contributed by atoms with E-state index in [2.05, 4.69) is 0 Å². The normalized spacial score (nSPS) is 18.3. The summed E-state index contributed by atoms with van der Waals surface area (Å²) < 4.78 is 76.7. The fourth-order valence-electron chi connectivity index (χ4n) is 2.57. The molecule has 1 fully saturated rings. The van der Waals surface area contributed by atoms with Gasteiger partial charge in [0, 0.05) is 19.2 Å². The van der Waals surface area contributed by atoms with Crippen LogP contribution in [0.5, 0.6) is 0 Å². The Bertz CT molecular complexity index is 639. The predicted octanol–water partition coefficient (Wildman–Crippen LogP) is 3.97. The zero-order valence-corrected chi connectivity index (χ0v) is 14.2. The van der Waals surface area contributed by atoms with Crippen LogP contribution in [0.1, 0.15) is 23.1 Å². The molecule has 1 heterocycles. The molecule has 1 aliphatic rings. The number of hydrogen-bond acceptors (Lipinski definition) is 2. The highest BCUT2D eigenvalue weighted by molar-refractivity contribution is 5.92. The third kappa shape index (κ3) is 5.63. The molecule has 0 aromatic heterocycles. The lowest BCUT2D eigenvalue weighted by Crippen LogP contribution is -2.28. The summed E-state index contributed by atoms with van der Waals surface area (Å²) in [6, 6.07) is 1.20. The summed E-state index contributed by atoms with van der Waals surface area (Å²) in [5, 5.41) is 0. The number of nitrogens with two attached hydrogens (primary N) is 1. The van der Waals surface area contributed by atoms with Gasteiger partial charge in [-0.05, 0) is 48.7 Å². The molecule has 0 radical (unpaired) electrons. The molecule has 10 heteroatoms. The number of rotatable bonds is 3. The van der Waals surface area contributed by atoms with Crippen LogP contribution in [0.4, 0.5) is 26.3 Å². The first-order chi connectivity index (χ1) is 11.5. The molecule has 1 aromatic carbocycles. The van der Waals surface area contributed by atoms with Crippen molar-refractivity contribution in [1.82, 2.24) is 4.90 Å². The fraction of sp³-hybridized carbons (Fsp3) is 0.438. The number of carbonyl (C=O) groups excluding carboxylic acids is 1. The highest BCUT2D eigenvalue weighted by Gasteiger charge is 2.36. The van der Waals surface area contributed by atoms with Gasteiger partial charge in [0.15, 0.2) is 0 Å². The van der Waals surface area contributed by atoms with E-state index in [-0.39, 0.29) is 30.0 Å². The second-order valence-electron chi connectivity index (χ2n) is 5.85. The van der Waals surface area contributed by atoms with Crippen molar-refractivity contribution in [1.29, 1.82) is 0 Å². The standard InChI is InChI=1S/C16H16F6N2O.ClH/c17-15(18,19)12-5-10(6-13(7-12)16(20,21)22)1-2-14(25)24-4-3-11(8-23)9-24;/h1-2,5-7,11H,3-4,8-9,23H2;1H. The van der Waals surface area contributed by atoms with E-state index in [1.165, 1.54) is 4.90 Å². The van der Waals surface area contributed by atoms with E-state index >= 15 is 0 Å². The molecule has 1 amide bonds. The Morgan fingerprint density at radius 2 is 1.65 bits per heavy atom. The van der Waals surface area contributed by atoms with Crippen molar-refractivity contribution in [2.45, 2.75) is 18.8 Å². The summed E-state index contributed by atoms with van der Waals surface area (Å²) in [6.07, 6.45) is -7.18. The lowest BCUT2D eigenvalue weighted by Gasteiger charge is -2.14. The van der Waals surface area contributed by atoms with Crippen molar-refractivity contribution >= 4 is 24.4 Å². The Hall–Kier alpha value is -1.74. The highest BCUT2D eigenvalue weighted by Crippen LogP contribution is 2.36. The number of halogens is 7. The molecule has 146 valence electrons. The van der Waals surface area contributed by atoms with Gasteiger partial charge in [-0.2, -0.15) is 26.3 Å². The lowest BCUT2D eigenvalue weighted by atomic mass is 10.0. The fourth-order valence-corrected chi connectivity index (χ4v) is 2.57. The van der Waals surface area contributed by atoms with Crippen LogP contribution in [0, 0.1) is 5.92 Å². The van der Waals surface area contributed by atoms with E-state index in [0.29, 0.717) is 31.8 Å². The van der Waals surface area contributed by atoms with Crippen molar-refractivity contribution < 1.29 is 31.1 Å². The van der Waals surface area contributed by atoms with Crippen molar-refractivity contribution in [3.63, 3.8) is 0 Å². The van der Waals surface area contributed by atoms with Crippen molar-refractivity contribution in [3.05, 3.63) is 41.0 Å². The van der Waals surface area contributed by atoms with Gasteiger partial charge in [-0.25, -0.2) is 0 Å². The van der Waals surface area contributed by atoms with Crippen LogP contribution in [-0.4, -0.2) is 30.4 Å². The molecule has 0 spiro atoms. The lowest BCUT2D eigenvalue weighted by molar-refractivity contribution is -0.143. The average Bonchev–Trinajstić information content (AvgIpc) is 2.99. The SMILES string of the molecule is Cl.NCC1CCN(C(=O)C=Cc2cc(C(F)(F)F)cc(C(F)(F)F)c2)C1. The molecule has 1 unspecified atom stereocenters. The minimum Gasteiger partial charge on any atom is -0.339 e. The maximum Gasteiger partial charge on any atom is 0.416 e. The predicted molar refractivity (Wildman–Crippen MR) is 86.5 cm³/mol. The van der Waals surface area contributed by atoms with Gasteiger partial charge in [0.1, 0.15) is 0 Å². The molecule has 0 bridgehead atoms. The number of alkyl halides is 6. The van der Waals surface area contributed by atoms with Crippen molar-refractivity contribution in [3.8, 4) is 0 Å². The molecule has 1 aliphatic heterocycles. The Morgan fingerprint density at radius 3 is 2.08 bits per heavy atom. The molecule has 2 rings (SSSR count). The van der Waals surface area contributed by atoms with E-state index in [1.807, 2.05) is 0 Å². The Kier molecular flexibility index (Phi) is 7.12. The van der Waals surface area contributed by atoms with Gasteiger partial charge in [0.2, 0.25) is 5.91 Å². The van der Waals surface area contributed by atoms with Crippen LogP contribution in [0.2, 0.25) is 0 Å². The Balaban J connectivity index is 0.00000338. The van der Waals surface area contributed by atoms with Crippen LogP contribution < -0.4 is 5.73 Å². The molecule has 2 N–H and O–H groups in total. The van der Waals surface area contributed by atoms with E-state index < -0.39 is 29.4 Å². The Labute approximate surface area is 152 Å². The zero-order chi connectivity index (χ0) is 18.8. The van der Waals surface area contributed by atoms with Crippen molar-refractivity contribution in [2.75, 3.05) is 19.6 Å². The summed E-state index contributed by atoms with van der Waals surface area (Å²) in [7, 11) is 0. The third-order valence-corrected chi connectivity index (χ3v) is 3.96. The van der Waals surface area contributed by atoms with Gasteiger partial charge in [-0.15, -0.1) is 12.4 Å². The quantitative estimate of drug-likeness (QED) is 0.614. The molecule has 3 nitrogen and oxygen atoms in total. The van der Waals surface area contributed by atoms with Gasteiger partial charge in [-0.1, -0.05) is 0 Å². The Morgan fingerprint density at radius 1 is 1.12 bits per heavy atom. The van der Waals surface area contributed by atoms with Crippen LogP contribution >= 0.6 is 12.4 Å². The number of hydrogen-bond donors (Lipinski definition) is 1. The van der Waals surface area contributed by atoms with Gasteiger partial charge in [0.05, 0.1) is 11.1 Å². The molecule has 0 aliphatic carbocycles. The van der Waals surface area contributed by atoms with Crippen LogP contribution in [0.25, 0.3) is 6.08 Å². The number of amides is 1. The zero-order valence-electron chi connectivity index (χ0n) is 13.4. The molecular weight excluding hydrogens is 386 g/mol. The first kappa shape index (κ1) is 22.3. The molecule has 1 atom stereocenters. The maximum absolute atomic E-state index is 12.8. The number of carbonyl (C=O) groups is 1. The topological polar surface area (TPSA) is 46.3 Å². The summed E-state index contributed by atoms with van der Waals surface area (Å²) in [5.41, 5.74) is 2.33.